The van der Waals surface area contributed by atoms with E-state index in [0.717, 1.165) is 10.9 Å². The highest BCUT2D eigenvalue weighted by atomic mass is 16.5. The van der Waals surface area contributed by atoms with Crippen molar-refractivity contribution >= 4 is 40.4 Å². The van der Waals surface area contributed by atoms with Gasteiger partial charge in [-0.05, 0) is 31.2 Å². The van der Waals surface area contributed by atoms with Crippen LogP contribution in [0, 0.1) is 0 Å². The topological polar surface area (TPSA) is 144 Å². The lowest BCUT2D eigenvalue weighted by molar-refractivity contribution is -0.142. The van der Waals surface area contributed by atoms with Crippen LogP contribution in [0.4, 0.5) is 16.3 Å². The van der Waals surface area contributed by atoms with Gasteiger partial charge >= 0.3 is 18.0 Å². The maximum absolute atomic E-state index is 12.6. The number of hydrogen-bond donors (Lipinski definition) is 3. The fourth-order valence-corrected chi connectivity index (χ4v) is 3.13. The lowest BCUT2D eigenvalue weighted by atomic mass is 10.00. The summed E-state index contributed by atoms with van der Waals surface area (Å²) in [4.78, 5) is 48.5. The Morgan fingerprint density at radius 1 is 1.06 bits per heavy atom. The second-order valence-corrected chi connectivity index (χ2v) is 6.60. The molecule has 2 amide bonds. The number of anilines is 2. The quantitative estimate of drug-likeness (QED) is 0.470. The van der Waals surface area contributed by atoms with Crippen molar-refractivity contribution in [1.82, 2.24) is 20.3 Å². The number of ether oxygens (including phenoxy) is 2. The Morgan fingerprint density at radius 2 is 1.88 bits per heavy atom. The third-order valence-electron chi connectivity index (χ3n) is 4.72. The van der Waals surface area contributed by atoms with Crippen LogP contribution in [0.25, 0.3) is 10.9 Å². The van der Waals surface area contributed by atoms with Gasteiger partial charge in [-0.25, -0.2) is 19.6 Å². The van der Waals surface area contributed by atoms with E-state index in [2.05, 4.69) is 35.6 Å². The molecule has 2 aromatic heterocycles. The van der Waals surface area contributed by atoms with Gasteiger partial charge < -0.3 is 20.1 Å². The summed E-state index contributed by atoms with van der Waals surface area (Å²) in [6, 6.07) is 5.96. The standard InChI is InChI=1S/C21H22N6O5/c1-22-16(20(29)32-3)9-12-6-7-15(17-13(12)5-4-8-24-17)26-21(30)27-18-14(19(28)31-2)10-23-11-25-18/h4-8,10-11,16,22H,9H2,1-3H3,(H2,23,25,26,27,30)/t16-/m0/s1. The number of aromatic nitrogens is 3. The van der Waals surface area contributed by atoms with Gasteiger partial charge in [0.25, 0.3) is 0 Å². The van der Waals surface area contributed by atoms with Crippen molar-refractivity contribution in [2.45, 2.75) is 12.5 Å². The van der Waals surface area contributed by atoms with Crippen molar-refractivity contribution in [3.05, 3.63) is 54.1 Å². The highest BCUT2D eigenvalue weighted by Gasteiger charge is 2.20. The van der Waals surface area contributed by atoms with Crippen LogP contribution < -0.4 is 16.0 Å². The van der Waals surface area contributed by atoms with Gasteiger partial charge in [-0.3, -0.25) is 15.1 Å². The second kappa shape index (κ2) is 10.3. The zero-order chi connectivity index (χ0) is 23.1. The molecule has 32 heavy (non-hydrogen) atoms. The molecule has 0 fully saturated rings. The Labute approximate surface area is 183 Å². The third-order valence-corrected chi connectivity index (χ3v) is 4.72. The monoisotopic (exact) mass is 438 g/mol. The van der Waals surface area contributed by atoms with Crippen LogP contribution in [0.1, 0.15) is 15.9 Å². The maximum atomic E-state index is 12.6. The Hall–Kier alpha value is -4.12. The Bertz CT molecular complexity index is 1150. The average Bonchev–Trinajstić information content (AvgIpc) is 2.83. The molecule has 0 aliphatic carbocycles. The van der Waals surface area contributed by atoms with E-state index < -0.39 is 18.0 Å². The van der Waals surface area contributed by atoms with Crippen molar-refractivity contribution < 1.29 is 23.9 Å². The number of nitrogens with zero attached hydrogens (tertiary/aromatic N) is 3. The molecule has 0 aliphatic heterocycles. The number of esters is 2. The van der Waals surface area contributed by atoms with Crippen molar-refractivity contribution in [3.63, 3.8) is 0 Å². The van der Waals surface area contributed by atoms with Crippen LogP contribution in [-0.2, 0) is 20.7 Å². The summed E-state index contributed by atoms with van der Waals surface area (Å²) in [5.41, 5.74) is 1.85. The summed E-state index contributed by atoms with van der Waals surface area (Å²) >= 11 is 0. The highest BCUT2D eigenvalue weighted by molar-refractivity contribution is 6.07. The first-order chi connectivity index (χ1) is 15.5. The summed E-state index contributed by atoms with van der Waals surface area (Å²) in [5, 5.41) is 8.94. The predicted octanol–water partition coefficient (Wildman–Crippen LogP) is 1.76. The number of urea groups is 1. The second-order valence-electron chi connectivity index (χ2n) is 6.60. The molecule has 166 valence electrons. The van der Waals surface area contributed by atoms with Gasteiger partial charge in [0.05, 0.1) is 25.4 Å². The minimum Gasteiger partial charge on any atom is -0.468 e. The van der Waals surface area contributed by atoms with Crippen molar-refractivity contribution in [2.24, 2.45) is 0 Å². The molecule has 0 saturated heterocycles. The minimum absolute atomic E-state index is 0.00757. The normalized spacial score (nSPS) is 11.5. The summed E-state index contributed by atoms with van der Waals surface area (Å²) in [6.07, 6.45) is 4.43. The molecule has 0 radical (unpaired) electrons. The number of pyridine rings is 1. The van der Waals surface area contributed by atoms with Gasteiger partial charge in [-0.2, -0.15) is 0 Å². The summed E-state index contributed by atoms with van der Waals surface area (Å²) in [7, 11) is 4.23. The fourth-order valence-electron chi connectivity index (χ4n) is 3.13. The fraction of sp³-hybridized carbons (Fsp3) is 0.238. The number of amides is 2. The Kier molecular flexibility index (Phi) is 7.24. The lowest BCUT2D eigenvalue weighted by Crippen LogP contribution is -2.36. The zero-order valence-electron chi connectivity index (χ0n) is 17.7. The maximum Gasteiger partial charge on any atom is 0.343 e. The van der Waals surface area contributed by atoms with Crippen molar-refractivity contribution in [3.8, 4) is 0 Å². The number of fused-ring (bicyclic) bond motifs is 1. The lowest BCUT2D eigenvalue weighted by Gasteiger charge is -2.16. The van der Waals surface area contributed by atoms with Crippen LogP contribution >= 0.6 is 0 Å². The summed E-state index contributed by atoms with van der Waals surface area (Å²) in [6.45, 7) is 0. The van der Waals surface area contributed by atoms with Crippen LogP contribution in [0.2, 0.25) is 0 Å². The molecule has 0 aliphatic rings. The van der Waals surface area contributed by atoms with Crippen LogP contribution in [-0.4, -0.2) is 60.2 Å². The van der Waals surface area contributed by atoms with Crippen molar-refractivity contribution in [2.75, 3.05) is 31.9 Å². The molecule has 11 heteroatoms. The van der Waals surface area contributed by atoms with Gasteiger partial charge in [0.2, 0.25) is 0 Å². The molecule has 0 spiro atoms. The Balaban J connectivity index is 1.86. The molecule has 0 saturated carbocycles. The molecular formula is C21H22N6O5. The van der Waals surface area contributed by atoms with E-state index in [0.29, 0.717) is 17.6 Å². The van der Waals surface area contributed by atoms with E-state index >= 15 is 0 Å². The molecular weight excluding hydrogens is 416 g/mol. The molecule has 2 heterocycles. The summed E-state index contributed by atoms with van der Waals surface area (Å²) in [5.74, 6) is -1.05. The predicted molar refractivity (Wildman–Crippen MR) is 116 cm³/mol. The molecule has 1 aromatic carbocycles. The van der Waals surface area contributed by atoms with Gasteiger partial charge in [0, 0.05) is 17.8 Å². The van der Waals surface area contributed by atoms with Crippen LogP contribution in [0.3, 0.4) is 0 Å². The number of carbonyl (C=O) groups excluding carboxylic acids is 3. The number of likely N-dealkylation sites (N-methyl/N-ethyl adjacent to an activating group) is 1. The van der Waals surface area contributed by atoms with E-state index in [4.69, 9.17) is 4.74 Å². The average molecular weight is 438 g/mol. The van der Waals surface area contributed by atoms with Gasteiger partial charge in [0.1, 0.15) is 17.9 Å². The van der Waals surface area contributed by atoms with E-state index in [1.54, 1.807) is 31.4 Å². The number of nitrogens with one attached hydrogen (secondary N) is 3. The molecule has 0 bridgehead atoms. The van der Waals surface area contributed by atoms with E-state index in [-0.39, 0.29) is 17.4 Å². The van der Waals surface area contributed by atoms with Crippen LogP contribution in [0.15, 0.2) is 43.0 Å². The molecule has 3 N–H and O–H groups in total. The smallest absolute Gasteiger partial charge is 0.343 e. The minimum atomic E-state index is -0.679. The number of hydrogen-bond acceptors (Lipinski definition) is 9. The van der Waals surface area contributed by atoms with E-state index in [9.17, 15) is 14.4 Å². The van der Waals surface area contributed by atoms with Gasteiger partial charge in [-0.1, -0.05) is 12.1 Å². The Morgan fingerprint density at radius 3 is 2.59 bits per heavy atom. The van der Waals surface area contributed by atoms with Crippen molar-refractivity contribution in [1.29, 1.82) is 0 Å². The van der Waals surface area contributed by atoms with E-state index in [1.807, 2.05) is 6.07 Å². The number of carbonyl (C=O) groups is 3. The van der Waals surface area contributed by atoms with Crippen LogP contribution in [0.5, 0.6) is 0 Å². The highest BCUT2D eigenvalue weighted by Crippen LogP contribution is 2.26. The molecule has 3 rings (SSSR count). The first kappa shape index (κ1) is 22.6. The van der Waals surface area contributed by atoms with Gasteiger partial charge in [0.15, 0.2) is 5.82 Å². The van der Waals surface area contributed by atoms with E-state index in [1.165, 1.54) is 26.7 Å². The summed E-state index contributed by atoms with van der Waals surface area (Å²) < 4.78 is 9.50. The SMILES string of the molecule is CN[C@@H](Cc1ccc(NC(=O)Nc2ncncc2C(=O)OC)c2ncccc12)C(=O)OC. The third kappa shape index (κ3) is 4.95. The molecule has 11 nitrogen and oxygen atoms in total. The largest absolute Gasteiger partial charge is 0.468 e. The molecule has 3 aromatic rings. The van der Waals surface area contributed by atoms with Gasteiger partial charge in [-0.15, -0.1) is 0 Å². The zero-order valence-corrected chi connectivity index (χ0v) is 17.7. The number of methoxy groups -OCH3 is 2. The number of benzene rings is 1. The first-order valence-corrected chi connectivity index (χ1v) is 9.56. The molecule has 1 atom stereocenters. The first-order valence-electron chi connectivity index (χ1n) is 9.56. The molecule has 0 unspecified atom stereocenters. The number of rotatable bonds is 7.